The highest BCUT2D eigenvalue weighted by molar-refractivity contribution is 5.66. The van der Waals surface area contributed by atoms with Crippen molar-refractivity contribution in [1.82, 2.24) is 14.6 Å². The van der Waals surface area contributed by atoms with E-state index in [2.05, 4.69) is 18.7 Å². The molecule has 0 amide bonds. The summed E-state index contributed by atoms with van der Waals surface area (Å²) in [6.07, 6.45) is 8.83. The van der Waals surface area contributed by atoms with Crippen LogP contribution in [0.2, 0.25) is 0 Å². The minimum absolute atomic E-state index is 0.146. The van der Waals surface area contributed by atoms with Gasteiger partial charge < -0.3 is 20.2 Å². The molecule has 0 aromatic carbocycles. The van der Waals surface area contributed by atoms with Crippen molar-refractivity contribution in [3.63, 3.8) is 0 Å². The Balaban J connectivity index is 1.99. The second kappa shape index (κ2) is 12.2. The third kappa shape index (κ3) is 6.42. The zero-order valence-corrected chi connectivity index (χ0v) is 21.7. The Kier molecular flexibility index (Phi) is 9.32. The molecule has 0 saturated carbocycles. The lowest BCUT2D eigenvalue weighted by molar-refractivity contribution is 0.385. The number of pyridine rings is 2. The molecule has 2 aromatic heterocycles. The number of aryl methyl sites for hydroxylation is 2. The number of piperidine rings is 1. The normalized spacial score (nSPS) is 16.9. The molecule has 1 aliphatic rings. The van der Waals surface area contributed by atoms with E-state index in [1.54, 1.807) is 17.7 Å². The number of nitrogens with two attached hydrogens (primary N) is 2. The van der Waals surface area contributed by atoms with E-state index in [4.69, 9.17) is 16.6 Å². The van der Waals surface area contributed by atoms with Crippen LogP contribution >= 0.6 is 0 Å². The largest absolute Gasteiger partial charge is 0.395 e. The molecule has 1 saturated heterocycles. The van der Waals surface area contributed by atoms with Gasteiger partial charge in [0.2, 0.25) is 0 Å². The minimum Gasteiger partial charge on any atom is -0.395 e. The van der Waals surface area contributed by atoms with Crippen molar-refractivity contribution in [3.05, 3.63) is 63.2 Å². The number of hydrogen-bond donors (Lipinski definition) is 2. The average Bonchev–Trinajstić information content (AvgIpc) is 2.83. The van der Waals surface area contributed by atoms with Gasteiger partial charge in [0.15, 0.2) is 5.82 Å². The van der Waals surface area contributed by atoms with Crippen LogP contribution in [-0.2, 0) is 19.4 Å². The highest BCUT2D eigenvalue weighted by Crippen LogP contribution is 2.31. The Morgan fingerprint density at radius 2 is 2.03 bits per heavy atom. The van der Waals surface area contributed by atoms with E-state index in [9.17, 15) is 4.79 Å². The van der Waals surface area contributed by atoms with Crippen molar-refractivity contribution in [2.24, 2.45) is 17.5 Å². The van der Waals surface area contributed by atoms with Crippen LogP contribution in [-0.4, -0.2) is 34.7 Å². The van der Waals surface area contributed by atoms with Crippen LogP contribution < -0.4 is 22.0 Å². The first kappa shape index (κ1) is 26.7. The van der Waals surface area contributed by atoms with Crippen molar-refractivity contribution in [2.45, 2.75) is 72.3 Å². The molecular weight excluding hydrogens is 443 g/mol. The molecule has 1 fully saturated rings. The van der Waals surface area contributed by atoms with Gasteiger partial charge in [-0.3, -0.25) is 4.79 Å². The lowest BCUT2D eigenvalue weighted by Gasteiger charge is -2.35. The number of allylic oxidation sites excluding steroid dienone is 1. The van der Waals surface area contributed by atoms with Crippen molar-refractivity contribution in [2.75, 3.05) is 25.0 Å². The lowest BCUT2D eigenvalue weighted by Crippen LogP contribution is -2.37. The van der Waals surface area contributed by atoms with E-state index in [0.29, 0.717) is 35.1 Å². The van der Waals surface area contributed by atoms with E-state index in [1.807, 2.05) is 19.2 Å². The monoisotopic (exact) mass is 484 g/mol. The molecule has 3 rings (SSSR count). The van der Waals surface area contributed by atoms with Gasteiger partial charge >= 0.3 is 0 Å². The summed E-state index contributed by atoms with van der Waals surface area (Å²) >= 11 is 0. The fourth-order valence-corrected chi connectivity index (χ4v) is 5.02. The molecule has 7 nitrogen and oxygen atoms in total. The zero-order chi connectivity index (χ0) is 25.5. The Morgan fingerprint density at radius 3 is 2.69 bits per heavy atom. The minimum atomic E-state index is -0.312. The van der Waals surface area contributed by atoms with Gasteiger partial charge in [-0.1, -0.05) is 39.7 Å². The third-order valence-electron chi connectivity index (χ3n) is 6.80. The molecule has 0 spiro atoms. The number of rotatable bonds is 10. The predicted octanol–water partition coefficient (Wildman–Crippen LogP) is 4.05. The van der Waals surface area contributed by atoms with Gasteiger partial charge in [-0.05, 0) is 43.6 Å². The van der Waals surface area contributed by atoms with Gasteiger partial charge in [0.05, 0.1) is 35.0 Å². The second-order valence-electron chi connectivity index (χ2n) is 9.61. The highest BCUT2D eigenvalue weighted by Gasteiger charge is 2.25. The third-order valence-corrected chi connectivity index (χ3v) is 6.80. The van der Waals surface area contributed by atoms with Crippen molar-refractivity contribution < 1.29 is 4.39 Å². The number of anilines is 1. The Bertz CT molecular complexity index is 1090. The van der Waals surface area contributed by atoms with Crippen LogP contribution in [0.25, 0.3) is 5.70 Å². The van der Waals surface area contributed by atoms with Crippen LogP contribution in [0.15, 0.2) is 34.9 Å². The van der Waals surface area contributed by atoms with Crippen LogP contribution in [0.1, 0.15) is 69.8 Å². The fraction of sp³-hybridized carbons (Fsp3) is 0.556. The molecule has 1 atom stereocenters. The smallest absolute Gasteiger partial charge is 0.250 e. The summed E-state index contributed by atoms with van der Waals surface area (Å²) in [6.45, 7) is 8.14. The van der Waals surface area contributed by atoms with Crippen LogP contribution in [0.4, 0.5) is 10.1 Å². The SMILES string of the molecule is CCCc1ccc(=O)n(C/C(=C(/N)c2cc(F)c(N3CCCC(CCC)C3)c(CC)n2)N(C)N)c1. The lowest BCUT2D eigenvalue weighted by atomic mass is 9.93. The fourth-order valence-electron chi connectivity index (χ4n) is 5.02. The maximum absolute atomic E-state index is 15.6. The molecule has 8 heteroatoms. The Hall–Kier alpha value is -2.87. The van der Waals surface area contributed by atoms with Crippen molar-refractivity contribution in [3.8, 4) is 0 Å². The quantitative estimate of drug-likeness (QED) is 0.390. The number of aromatic nitrogens is 2. The maximum Gasteiger partial charge on any atom is 0.250 e. The number of nitrogens with zero attached hydrogens (tertiary/aromatic N) is 4. The van der Waals surface area contributed by atoms with E-state index in [1.165, 1.54) is 17.5 Å². The molecule has 4 N–H and O–H groups in total. The van der Waals surface area contributed by atoms with Gasteiger partial charge in [-0.2, -0.15) is 0 Å². The van der Waals surface area contributed by atoms with Crippen LogP contribution in [0, 0.1) is 11.7 Å². The first-order chi connectivity index (χ1) is 16.8. The molecule has 3 heterocycles. The molecule has 2 aromatic rings. The Labute approximate surface area is 208 Å². The van der Waals surface area contributed by atoms with Gasteiger partial charge in [0.1, 0.15) is 0 Å². The average molecular weight is 485 g/mol. The molecule has 0 bridgehead atoms. The van der Waals surface area contributed by atoms with Crippen molar-refractivity contribution >= 4 is 11.4 Å². The van der Waals surface area contributed by atoms with E-state index < -0.39 is 0 Å². The summed E-state index contributed by atoms with van der Waals surface area (Å²) in [5, 5.41) is 1.38. The summed E-state index contributed by atoms with van der Waals surface area (Å²) in [6, 6.07) is 4.81. The Morgan fingerprint density at radius 1 is 1.26 bits per heavy atom. The molecule has 192 valence electrons. The molecule has 1 unspecified atom stereocenters. The molecule has 1 aliphatic heterocycles. The number of likely N-dealkylation sites (N-methyl/N-ethyl adjacent to an activating group) is 1. The number of hydrazine groups is 1. The van der Waals surface area contributed by atoms with E-state index in [0.717, 1.165) is 50.8 Å². The summed E-state index contributed by atoms with van der Waals surface area (Å²) in [5.41, 5.74) is 9.84. The number of halogens is 1. The standard InChI is InChI=1S/C27H41FN6O/c1-5-9-19-11-8-14-33(16-19)27-21(28)15-23(31-22(27)7-3)26(29)24(32(4)30)18-34-17-20(10-6-2)12-13-25(34)35/h12-13,15,17,19H,5-11,14,16,18,29-30H2,1-4H3/b26-24-. The predicted molar refractivity (Wildman–Crippen MR) is 141 cm³/mol. The second-order valence-corrected chi connectivity index (χ2v) is 9.61. The molecular formula is C27H41FN6O. The molecule has 0 aliphatic carbocycles. The topological polar surface area (TPSA) is 93.4 Å². The molecule has 35 heavy (non-hydrogen) atoms. The van der Waals surface area contributed by atoms with E-state index >= 15 is 4.39 Å². The first-order valence-corrected chi connectivity index (χ1v) is 12.9. The first-order valence-electron chi connectivity index (χ1n) is 12.9. The van der Waals surface area contributed by atoms with E-state index in [-0.39, 0.29) is 23.6 Å². The summed E-state index contributed by atoms with van der Waals surface area (Å²) in [5.74, 6) is 6.39. The summed E-state index contributed by atoms with van der Waals surface area (Å²) < 4.78 is 17.2. The van der Waals surface area contributed by atoms with Gasteiger partial charge in [0.25, 0.3) is 5.56 Å². The highest BCUT2D eigenvalue weighted by atomic mass is 19.1. The van der Waals surface area contributed by atoms with Gasteiger partial charge in [-0.15, -0.1) is 0 Å². The number of hydrogen-bond acceptors (Lipinski definition) is 6. The van der Waals surface area contributed by atoms with Crippen LogP contribution in [0.3, 0.4) is 0 Å². The summed E-state index contributed by atoms with van der Waals surface area (Å²) in [7, 11) is 1.66. The summed E-state index contributed by atoms with van der Waals surface area (Å²) in [4.78, 5) is 19.4. The van der Waals surface area contributed by atoms with Crippen molar-refractivity contribution in [1.29, 1.82) is 0 Å². The molecule has 0 radical (unpaired) electrons. The van der Waals surface area contributed by atoms with Gasteiger partial charge in [0, 0.05) is 38.5 Å². The van der Waals surface area contributed by atoms with Gasteiger partial charge in [-0.25, -0.2) is 15.2 Å². The van der Waals surface area contributed by atoms with Crippen LogP contribution in [0.5, 0.6) is 0 Å². The maximum atomic E-state index is 15.6. The zero-order valence-electron chi connectivity index (χ0n) is 21.7.